The van der Waals surface area contributed by atoms with E-state index < -0.39 is 12.7 Å². The van der Waals surface area contributed by atoms with Crippen molar-refractivity contribution in [2.45, 2.75) is 43.6 Å². The van der Waals surface area contributed by atoms with E-state index in [1.54, 1.807) is 6.07 Å². The smallest absolute Gasteiger partial charge is 0.348 e. The third-order valence-corrected chi connectivity index (χ3v) is 5.01. The average molecular weight is 347 g/mol. The van der Waals surface area contributed by atoms with Gasteiger partial charge >= 0.3 is 6.18 Å². The monoisotopic (exact) mass is 347 g/mol. The molecule has 1 aliphatic heterocycles. The summed E-state index contributed by atoms with van der Waals surface area (Å²) in [6.07, 6.45) is -1.79. The van der Waals surface area contributed by atoms with E-state index >= 15 is 0 Å². The van der Waals surface area contributed by atoms with Crippen molar-refractivity contribution in [3.63, 3.8) is 0 Å². The minimum Gasteiger partial charge on any atom is -0.348 e. The maximum absolute atomic E-state index is 12.3. The number of hydrogen-bond acceptors (Lipinski definition) is 4. The van der Waals surface area contributed by atoms with Gasteiger partial charge in [-0.2, -0.15) is 24.5 Å². The number of hydrogen-bond donors (Lipinski definition) is 2. The van der Waals surface area contributed by atoms with Gasteiger partial charge in [0.15, 0.2) is 0 Å². The van der Waals surface area contributed by atoms with Crippen LogP contribution in [-0.2, 0) is 0 Å². The molecule has 2 aliphatic rings. The van der Waals surface area contributed by atoms with Gasteiger partial charge in [0.2, 0.25) is 0 Å². The Bertz CT molecular complexity index is 527. The Kier molecular flexibility index (Phi) is 4.93. The minimum absolute atomic E-state index is 0.0550. The van der Waals surface area contributed by atoms with E-state index in [1.165, 1.54) is 16.2 Å². The lowest BCUT2D eigenvalue weighted by molar-refractivity contribution is -0.148. The average Bonchev–Trinajstić information content (AvgIpc) is 2.99. The van der Waals surface area contributed by atoms with Gasteiger partial charge in [-0.25, -0.2) is 0 Å². The van der Waals surface area contributed by atoms with Crippen molar-refractivity contribution < 1.29 is 18.0 Å². The number of thiophene rings is 1. The van der Waals surface area contributed by atoms with Crippen LogP contribution in [0, 0.1) is 0 Å². The molecule has 128 valence electrons. The summed E-state index contributed by atoms with van der Waals surface area (Å²) in [5.74, 6) is -0.0550. The van der Waals surface area contributed by atoms with Crippen molar-refractivity contribution in [1.82, 2.24) is 15.5 Å². The summed E-state index contributed by atoms with van der Waals surface area (Å²) in [5, 5.41) is 10.1. The third kappa shape index (κ3) is 4.92. The van der Waals surface area contributed by atoms with Crippen molar-refractivity contribution in [2.24, 2.45) is 0 Å². The van der Waals surface area contributed by atoms with Crippen LogP contribution in [0.25, 0.3) is 0 Å². The third-order valence-electron chi connectivity index (χ3n) is 4.33. The normalized spacial score (nSPS) is 26.2. The molecule has 0 aromatic carbocycles. The Morgan fingerprint density at radius 3 is 2.65 bits per heavy atom. The zero-order valence-corrected chi connectivity index (χ0v) is 13.4. The van der Waals surface area contributed by atoms with Crippen LogP contribution in [0.4, 0.5) is 13.2 Å². The molecule has 1 saturated carbocycles. The van der Waals surface area contributed by atoms with E-state index in [2.05, 4.69) is 10.6 Å². The van der Waals surface area contributed by atoms with E-state index in [0.717, 1.165) is 19.3 Å². The molecule has 1 amide bonds. The molecular weight excluding hydrogens is 327 g/mol. The van der Waals surface area contributed by atoms with Gasteiger partial charge in [-0.05, 0) is 43.8 Å². The summed E-state index contributed by atoms with van der Waals surface area (Å²) in [5.41, 5.74) is 0.682. The number of carbonyl (C=O) groups excluding carboxylic acids is 1. The van der Waals surface area contributed by atoms with E-state index in [-0.39, 0.29) is 24.0 Å². The van der Waals surface area contributed by atoms with Crippen LogP contribution in [0.1, 0.15) is 29.6 Å². The number of rotatable bonds is 5. The predicted molar refractivity (Wildman–Crippen MR) is 82.6 cm³/mol. The Balaban J connectivity index is 1.35. The second-order valence-electron chi connectivity index (χ2n) is 6.27. The zero-order chi connectivity index (χ0) is 16.4. The summed E-state index contributed by atoms with van der Waals surface area (Å²) >= 11 is 1.49. The van der Waals surface area contributed by atoms with Gasteiger partial charge in [0.1, 0.15) is 0 Å². The van der Waals surface area contributed by atoms with E-state index in [4.69, 9.17) is 0 Å². The lowest BCUT2D eigenvalue weighted by atomic mass is 10.0. The fourth-order valence-electron chi connectivity index (χ4n) is 3.00. The second-order valence-corrected chi connectivity index (χ2v) is 7.05. The molecule has 2 unspecified atom stereocenters. The number of nitrogens with one attached hydrogen (secondary N) is 2. The number of carbonyl (C=O) groups is 1. The number of piperidine rings is 1. The lowest BCUT2D eigenvalue weighted by Crippen LogP contribution is -2.47. The highest BCUT2D eigenvalue weighted by Gasteiger charge is 2.40. The molecule has 0 radical (unpaired) electrons. The topological polar surface area (TPSA) is 44.4 Å². The molecule has 2 atom stereocenters. The molecule has 2 N–H and O–H groups in total. The number of likely N-dealkylation sites (tertiary alicyclic amines) is 1. The van der Waals surface area contributed by atoms with Gasteiger partial charge in [0.25, 0.3) is 5.91 Å². The van der Waals surface area contributed by atoms with Crippen molar-refractivity contribution in [3.05, 3.63) is 22.4 Å². The number of amides is 1. The maximum atomic E-state index is 12.3. The summed E-state index contributed by atoms with van der Waals surface area (Å²) in [6.45, 7) is 0.119. The Hall–Kier alpha value is -1.12. The fraction of sp³-hybridized carbons (Fsp3) is 0.667. The Morgan fingerprint density at radius 1 is 1.30 bits per heavy atom. The maximum Gasteiger partial charge on any atom is 0.401 e. The molecule has 1 aromatic rings. The van der Waals surface area contributed by atoms with Gasteiger partial charge in [-0.3, -0.25) is 9.69 Å². The van der Waals surface area contributed by atoms with Crippen LogP contribution in [0.2, 0.25) is 0 Å². The molecule has 23 heavy (non-hydrogen) atoms. The standard InChI is InChI=1S/C15H20F3N3OS/c16-15(17,18)9-21-4-1-11(2-5-21)19-12-7-13(12)20-14(22)10-3-6-23-8-10/h3,6,8,11-13,19H,1-2,4-5,7,9H2,(H,20,22). The molecule has 4 nitrogen and oxygen atoms in total. The minimum atomic E-state index is -4.12. The molecule has 1 saturated heterocycles. The number of nitrogens with zero attached hydrogens (tertiary/aromatic N) is 1. The van der Waals surface area contributed by atoms with Gasteiger partial charge in [-0.1, -0.05) is 0 Å². The molecule has 2 fully saturated rings. The first-order valence-electron chi connectivity index (χ1n) is 7.79. The van der Waals surface area contributed by atoms with Gasteiger partial charge < -0.3 is 10.6 Å². The van der Waals surface area contributed by atoms with E-state index in [0.29, 0.717) is 18.7 Å². The molecule has 3 rings (SSSR count). The molecule has 2 heterocycles. The highest BCUT2D eigenvalue weighted by molar-refractivity contribution is 7.08. The SMILES string of the molecule is O=C(NC1CC1NC1CCN(CC(F)(F)F)CC1)c1ccsc1. The molecule has 0 spiro atoms. The number of alkyl halides is 3. The van der Waals surface area contributed by atoms with Crippen LogP contribution in [0.3, 0.4) is 0 Å². The summed E-state index contributed by atoms with van der Waals surface area (Å²) < 4.78 is 37.0. The van der Waals surface area contributed by atoms with Crippen molar-refractivity contribution in [2.75, 3.05) is 19.6 Å². The summed E-state index contributed by atoms with van der Waals surface area (Å²) in [4.78, 5) is 13.4. The summed E-state index contributed by atoms with van der Waals surface area (Å²) in [6, 6.07) is 2.42. The zero-order valence-electron chi connectivity index (χ0n) is 12.6. The lowest BCUT2D eigenvalue weighted by Gasteiger charge is -2.33. The Morgan fingerprint density at radius 2 is 2.04 bits per heavy atom. The molecule has 1 aromatic heterocycles. The molecule has 8 heteroatoms. The van der Waals surface area contributed by atoms with E-state index in [9.17, 15) is 18.0 Å². The highest BCUT2D eigenvalue weighted by atomic mass is 32.1. The van der Waals surface area contributed by atoms with Gasteiger partial charge in [-0.15, -0.1) is 0 Å². The van der Waals surface area contributed by atoms with Crippen LogP contribution in [0.5, 0.6) is 0 Å². The van der Waals surface area contributed by atoms with Crippen molar-refractivity contribution in [1.29, 1.82) is 0 Å². The second kappa shape index (κ2) is 6.78. The van der Waals surface area contributed by atoms with Crippen LogP contribution < -0.4 is 10.6 Å². The van der Waals surface area contributed by atoms with Crippen molar-refractivity contribution in [3.8, 4) is 0 Å². The number of halogens is 3. The highest BCUT2D eigenvalue weighted by Crippen LogP contribution is 2.25. The first-order valence-corrected chi connectivity index (χ1v) is 8.73. The van der Waals surface area contributed by atoms with Crippen molar-refractivity contribution >= 4 is 17.2 Å². The fourth-order valence-corrected chi connectivity index (χ4v) is 3.63. The first kappa shape index (κ1) is 16.7. The first-order chi connectivity index (χ1) is 10.9. The van der Waals surface area contributed by atoms with E-state index in [1.807, 2.05) is 10.8 Å². The summed E-state index contributed by atoms with van der Waals surface area (Å²) in [7, 11) is 0. The van der Waals surface area contributed by atoms with Gasteiger partial charge in [0.05, 0.1) is 6.54 Å². The molecule has 1 aliphatic carbocycles. The Labute approximate surface area is 137 Å². The van der Waals surface area contributed by atoms with Gasteiger partial charge in [0, 0.05) is 29.1 Å². The molecule has 0 bridgehead atoms. The van der Waals surface area contributed by atoms with Crippen LogP contribution in [0.15, 0.2) is 16.8 Å². The quantitative estimate of drug-likeness (QED) is 0.859. The van der Waals surface area contributed by atoms with Crippen LogP contribution >= 0.6 is 11.3 Å². The predicted octanol–water partition coefficient (Wildman–Crippen LogP) is 2.24. The molecular formula is C15H20F3N3OS. The van der Waals surface area contributed by atoms with Crippen LogP contribution in [-0.4, -0.2) is 54.7 Å². The largest absolute Gasteiger partial charge is 0.401 e.